The molecule has 0 aliphatic rings. The predicted molar refractivity (Wildman–Crippen MR) is 67.0 cm³/mol. The maximum atomic E-state index is 12.2. The minimum atomic E-state index is -1.56. The van der Waals surface area contributed by atoms with Gasteiger partial charge in [0.15, 0.2) is 0 Å². The van der Waals surface area contributed by atoms with E-state index in [-0.39, 0.29) is 0 Å². The first-order valence-corrected chi connectivity index (χ1v) is 6.19. The Morgan fingerprint density at radius 1 is 0.850 bits per heavy atom. The molecule has 0 aromatic heterocycles. The van der Waals surface area contributed by atoms with Gasteiger partial charge in [0.1, 0.15) is 0 Å². The second kappa shape index (κ2) is 8.13. The summed E-state index contributed by atoms with van der Waals surface area (Å²) in [6.07, 6.45) is -1.50. The Bertz CT molecular complexity index is 389. The van der Waals surface area contributed by atoms with Gasteiger partial charge in [-0.25, -0.2) is 0 Å². The van der Waals surface area contributed by atoms with Gasteiger partial charge in [0.05, 0.1) is 24.7 Å². The van der Waals surface area contributed by atoms with E-state index in [1.807, 2.05) is 0 Å². The standard InChI is InChI=1S/C12H19NO7/c1-3-13(4-2)11(18)7(5-9(14)15)8(12(19)20)6-10(16)17/h7-8H,3-6H2,1-2H3,(H,14,15)(H,16,17)(H,19,20). The number of amides is 1. The minimum absolute atomic E-state index is 0.296. The molecule has 0 heterocycles. The molecule has 114 valence electrons. The van der Waals surface area contributed by atoms with Crippen LogP contribution in [0.1, 0.15) is 26.7 Å². The Hall–Kier alpha value is -2.12. The van der Waals surface area contributed by atoms with Gasteiger partial charge in [-0.15, -0.1) is 0 Å². The molecule has 0 rings (SSSR count). The summed E-state index contributed by atoms with van der Waals surface area (Å²) < 4.78 is 0. The van der Waals surface area contributed by atoms with Crippen molar-refractivity contribution >= 4 is 23.8 Å². The average molecular weight is 289 g/mol. The monoisotopic (exact) mass is 289 g/mol. The maximum Gasteiger partial charge on any atom is 0.307 e. The molecule has 0 saturated heterocycles. The first-order chi connectivity index (χ1) is 9.24. The lowest BCUT2D eigenvalue weighted by Crippen LogP contribution is -2.42. The zero-order valence-corrected chi connectivity index (χ0v) is 11.4. The Morgan fingerprint density at radius 3 is 1.55 bits per heavy atom. The summed E-state index contributed by atoms with van der Waals surface area (Å²) in [7, 11) is 0. The molecule has 0 bridgehead atoms. The van der Waals surface area contributed by atoms with Gasteiger partial charge in [0.2, 0.25) is 5.91 Å². The highest BCUT2D eigenvalue weighted by molar-refractivity contribution is 5.89. The van der Waals surface area contributed by atoms with Gasteiger partial charge in [-0.3, -0.25) is 19.2 Å². The summed E-state index contributed by atoms with van der Waals surface area (Å²) in [6.45, 7) is 3.94. The van der Waals surface area contributed by atoms with Crippen molar-refractivity contribution in [1.29, 1.82) is 0 Å². The molecule has 0 fully saturated rings. The molecule has 2 atom stereocenters. The van der Waals surface area contributed by atoms with Crippen molar-refractivity contribution in [1.82, 2.24) is 4.90 Å². The van der Waals surface area contributed by atoms with E-state index in [0.29, 0.717) is 13.1 Å². The highest BCUT2D eigenvalue weighted by Crippen LogP contribution is 2.23. The second-order valence-corrected chi connectivity index (χ2v) is 4.26. The van der Waals surface area contributed by atoms with Crippen molar-refractivity contribution < 1.29 is 34.5 Å². The number of carboxylic acids is 3. The molecular formula is C12H19NO7. The fraction of sp³-hybridized carbons (Fsp3) is 0.667. The van der Waals surface area contributed by atoms with Crippen LogP contribution in [0.15, 0.2) is 0 Å². The zero-order valence-electron chi connectivity index (χ0n) is 11.4. The summed E-state index contributed by atoms with van der Waals surface area (Å²) in [5.74, 6) is -7.81. The smallest absolute Gasteiger partial charge is 0.307 e. The molecule has 0 aliphatic carbocycles. The number of carboxylic acid groups (broad SMARTS) is 3. The van der Waals surface area contributed by atoms with E-state index in [2.05, 4.69) is 0 Å². The molecular weight excluding hydrogens is 270 g/mol. The van der Waals surface area contributed by atoms with Crippen LogP contribution in [0.4, 0.5) is 0 Å². The van der Waals surface area contributed by atoms with Gasteiger partial charge < -0.3 is 20.2 Å². The van der Waals surface area contributed by atoms with Gasteiger partial charge in [-0.1, -0.05) is 0 Å². The first-order valence-electron chi connectivity index (χ1n) is 6.19. The van der Waals surface area contributed by atoms with E-state index in [1.54, 1.807) is 13.8 Å². The van der Waals surface area contributed by atoms with Gasteiger partial charge in [-0.2, -0.15) is 0 Å². The van der Waals surface area contributed by atoms with E-state index in [4.69, 9.17) is 15.3 Å². The highest BCUT2D eigenvalue weighted by atomic mass is 16.4. The maximum absolute atomic E-state index is 12.2. The lowest BCUT2D eigenvalue weighted by atomic mass is 9.85. The van der Waals surface area contributed by atoms with Gasteiger partial charge in [0.25, 0.3) is 0 Å². The molecule has 0 aromatic rings. The van der Waals surface area contributed by atoms with Crippen molar-refractivity contribution in [3.63, 3.8) is 0 Å². The zero-order chi connectivity index (χ0) is 15.9. The average Bonchev–Trinajstić information content (AvgIpc) is 2.33. The molecule has 8 nitrogen and oxygen atoms in total. The summed E-state index contributed by atoms with van der Waals surface area (Å²) in [5, 5.41) is 26.6. The molecule has 0 spiro atoms. The topological polar surface area (TPSA) is 132 Å². The molecule has 0 aromatic carbocycles. The fourth-order valence-corrected chi connectivity index (χ4v) is 1.95. The van der Waals surface area contributed by atoms with Crippen molar-refractivity contribution in [3.8, 4) is 0 Å². The van der Waals surface area contributed by atoms with Gasteiger partial charge in [0, 0.05) is 13.1 Å². The Balaban J connectivity index is 5.37. The normalized spacial score (nSPS) is 13.3. The van der Waals surface area contributed by atoms with E-state index < -0.39 is 48.5 Å². The van der Waals surface area contributed by atoms with E-state index in [1.165, 1.54) is 4.90 Å². The summed E-state index contributed by atoms with van der Waals surface area (Å²) in [6, 6.07) is 0. The molecule has 1 amide bonds. The molecule has 3 N–H and O–H groups in total. The number of carbonyl (C=O) groups is 4. The molecule has 2 unspecified atom stereocenters. The van der Waals surface area contributed by atoms with Crippen molar-refractivity contribution in [2.45, 2.75) is 26.7 Å². The number of rotatable bonds is 9. The molecule has 0 aliphatic heterocycles. The van der Waals surface area contributed by atoms with Crippen LogP contribution in [0.3, 0.4) is 0 Å². The predicted octanol–water partition coefficient (Wildman–Crippen LogP) is 0.121. The van der Waals surface area contributed by atoms with Crippen molar-refractivity contribution in [2.75, 3.05) is 13.1 Å². The van der Waals surface area contributed by atoms with E-state index in [0.717, 1.165) is 0 Å². The molecule has 0 radical (unpaired) electrons. The summed E-state index contributed by atoms with van der Waals surface area (Å²) >= 11 is 0. The van der Waals surface area contributed by atoms with Crippen LogP contribution in [0.5, 0.6) is 0 Å². The number of carbonyl (C=O) groups excluding carboxylic acids is 1. The largest absolute Gasteiger partial charge is 0.481 e. The van der Waals surface area contributed by atoms with Crippen molar-refractivity contribution in [2.24, 2.45) is 11.8 Å². The van der Waals surface area contributed by atoms with Crippen LogP contribution >= 0.6 is 0 Å². The summed E-state index contributed by atoms with van der Waals surface area (Å²) in [4.78, 5) is 46.1. The van der Waals surface area contributed by atoms with Gasteiger partial charge >= 0.3 is 17.9 Å². The highest BCUT2D eigenvalue weighted by Gasteiger charge is 2.38. The third-order valence-electron chi connectivity index (χ3n) is 2.98. The van der Waals surface area contributed by atoms with Crippen LogP contribution in [0, 0.1) is 11.8 Å². The molecule has 0 saturated carbocycles. The number of hydrogen-bond donors (Lipinski definition) is 3. The van der Waals surface area contributed by atoms with Crippen LogP contribution < -0.4 is 0 Å². The SMILES string of the molecule is CCN(CC)C(=O)C(CC(=O)O)C(CC(=O)O)C(=O)O. The third-order valence-corrected chi connectivity index (χ3v) is 2.98. The minimum Gasteiger partial charge on any atom is -0.481 e. The molecule has 8 heteroatoms. The van der Waals surface area contributed by atoms with E-state index in [9.17, 15) is 19.2 Å². The third kappa shape index (κ3) is 5.25. The van der Waals surface area contributed by atoms with E-state index >= 15 is 0 Å². The van der Waals surface area contributed by atoms with Crippen LogP contribution in [-0.4, -0.2) is 57.1 Å². The Labute approximate surface area is 116 Å². The first kappa shape index (κ1) is 17.9. The summed E-state index contributed by atoms with van der Waals surface area (Å²) in [5.41, 5.74) is 0. The lowest BCUT2D eigenvalue weighted by molar-refractivity contribution is -0.157. The molecule has 20 heavy (non-hydrogen) atoms. The Kier molecular flexibility index (Phi) is 7.27. The van der Waals surface area contributed by atoms with Crippen LogP contribution in [0.2, 0.25) is 0 Å². The van der Waals surface area contributed by atoms with Crippen LogP contribution in [-0.2, 0) is 19.2 Å². The second-order valence-electron chi connectivity index (χ2n) is 4.26. The van der Waals surface area contributed by atoms with Crippen molar-refractivity contribution in [3.05, 3.63) is 0 Å². The van der Waals surface area contributed by atoms with Gasteiger partial charge in [-0.05, 0) is 13.8 Å². The number of aliphatic carboxylic acids is 3. The quantitative estimate of drug-likeness (QED) is 0.549. The number of nitrogens with zero attached hydrogens (tertiary/aromatic N) is 1. The fourth-order valence-electron chi connectivity index (χ4n) is 1.95. The Morgan fingerprint density at radius 2 is 1.25 bits per heavy atom. The lowest BCUT2D eigenvalue weighted by Gasteiger charge is -2.27. The van der Waals surface area contributed by atoms with Crippen LogP contribution in [0.25, 0.3) is 0 Å². The number of hydrogen-bond acceptors (Lipinski definition) is 4.